The van der Waals surface area contributed by atoms with Crippen molar-refractivity contribution in [1.29, 1.82) is 0 Å². The summed E-state index contributed by atoms with van der Waals surface area (Å²) in [6.45, 7) is 0.344. The van der Waals surface area contributed by atoms with Crippen LogP contribution in [0.1, 0.15) is 10.4 Å². The van der Waals surface area contributed by atoms with Gasteiger partial charge in [0, 0.05) is 26.4 Å². The molecule has 0 spiro atoms. The molecule has 1 unspecified atom stereocenters. The highest BCUT2D eigenvalue weighted by molar-refractivity contribution is 5.97. The Morgan fingerprint density at radius 2 is 2.16 bits per heavy atom. The Kier molecular flexibility index (Phi) is 5.59. The molecule has 1 aromatic rings. The molecule has 0 heterocycles. The van der Waals surface area contributed by atoms with Crippen LogP contribution < -0.4 is 10.5 Å². The van der Waals surface area contributed by atoms with Crippen molar-refractivity contribution in [2.75, 3.05) is 40.2 Å². The minimum Gasteiger partial charge on any atom is -0.496 e. The number of benzene rings is 1. The monoisotopic (exact) mass is 268 g/mol. The molecule has 0 aromatic heterocycles. The van der Waals surface area contributed by atoms with Gasteiger partial charge in [-0.05, 0) is 18.2 Å². The fourth-order valence-corrected chi connectivity index (χ4v) is 1.74. The van der Waals surface area contributed by atoms with Crippen molar-refractivity contribution < 1.29 is 19.4 Å². The van der Waals surface area contributed by atoms with Crippen LogP contribution in [0.15, 0.2) is 18.2 Å². The highest BCUT2D eigenvalue weighted by Crippen LogP contribution is 2.22. The highest BCUT2D eigenvalue weighted by Gasteiger charge is 2.19. The second-order valence-electron chi connectivity index (χ2n) is 4.25. The summed E-state index contributed by atoms with van der Waals surface area (Å²) in [5.74, 6) is 0.187. The zero-order chi connectivity index (χ0) is 14.4. The van der Waals surface area contributed by atoms with Gasteiger partial charge in [-0.2, -0.15) is 0 Å². The van der Waals surface area contributed by atoms with Crippen molar-refractivity contribution in [2.45, 2.75) is 6.10 Å². The van der Waals surface area contributed by atoms with Gasteiger partial charge < -0.3 is 25.2 Å². The van der Waals surface area contributed by atoms with Crippen LogP contribution in [0, 0.1) is 0 Å². The summed E-state index contributed by atoms with van der Waals surface area (Å²) in [4.78, 5) is 13.7. The van der Waals surface area contributed by atoms with Crippen LogP contribution >= 0.6 is 0 Å². The van der Waals surface area contributed by atoms with Crippen molar-refractivity contribution >= 4 is 11.6 Å². The Bertz CT molecular complexity index is 437. The van der Waals surface area contributed by atoms with E-state index in [0.29, 0.717) is 17.0 Å². The van der Waals surface area contributed by atoms with Gasteiger partial charge in [-0.15, -0.1) is 0 Å². The zero-order valence-corrected chi connectivity index (χ0v) is 11.4. The van der Waals surface area contributed by atoms with Crippen LogP contribution in [0.4, 0.5) is 5.69 Å². The molecule has 1 aromatic carbocycles. The van der Waals surface area contributed by atoms with Gasteiger partial charge in [0.25, 0.3) is 5.91 Å². The van der Waals surface area contributed by atoms with E-state index < -0.39 is 6.10 Å². The number of nitrogens with two attached hydrogens (primary N) is 1. The van der Waals surface area contributed by atoms with Gasteiger partial charge >= 0.3 is 0 Å². The lowest BCUT2D eigenvalue weighted by Crippen LogP contribution is -2.36. The molecule has 6 nitrogen and oxygen atoms in total. The zero-order valence-electron chi connectivity index (χ0n) is 11.4. The van der Waals surface area contributed by atoms with E-state index in [1.165, 1.54) is 19.1 Å². The number of anilines is 1. The normalized spacial score (nSPS) is 12.0. The third-order valence-electron chi connectivity index (χ3n) is 2.64. The standard InChI is InChI=1S/C13H20N2O4/c1-15(7-10(16)8-18-2)13(17)11-6-9(14)4-5-12(11)19-3/h4-6,10,16H,7-8,14H2,1-3H3. The molecule has 0 saturated carbocycles. The summed E-state index contributed by atoms with van der Waals surface area (Å²) in [7, 11) is 4.58. The van der Waals surface area contributed by atoms with Crippen molar-refractivity contribution in [3.63, 3.8) is 0 Å². The van der Waals surface area contributed by atoms with Gasteiger partial charge in [-0.1, -0.05) is 0 Å². The average molecular weight is 268 g/mol. The van der Waals surface area contributed by atoms with Crippen molar-refractivity contribution in [3.05, 3.63) is 23.8 Å². The molecule has 106 valence electrons. The van der Waals surface area contributed by atoms with Crippen LogP contribution in [0.3, 0.4) is 0 Å². The van der Waals surface area contributed by atoms with E-state index in [2.05, 4.69) is 0 Å². The highest BCUT2D eigenvalue weighted by atomic mass is 16.5. The first-order chi connectivity index (χ1) is 8.99. The van der Waals surface area contributed by atoms with Crippen molar-refractivity contribution in [2.24, 2.45) is 0 Å². The Labute approximate surface area is 112 Å². The lowest BCUT2D eigenvalue weighted by Gasteiger charge is -2.21. The number of amides is 1. The maximum Gasteiger partial charge on any atom is 0.257 e. The number of aliphatic hydroxyl groups excluding tert-OH is 1. The van der Waals surface area contributed by atoms with Crippen LogP contribution in [0.5, 0.6) is 5.75 Å². The summed E-state index contributed by atoms with van der Waals surface area (Å²) in [5.41, 5.74) is 6.52. The fourth-order valence-electron chi connectivity index (χ4n) is 1.74. The minimum absolute atomic E-state index is 0.171. The van der Waals surface area contributed by atoms with Crippen molar-refractivity contribution in [3.8, 4) is 5.75 Å². The number of carbonyl (C=O) groups excluding carboxylic acids is 1. The SMILES string of the molecule is COCC(O)CN(C)C(=O)c1cc(N)ccc1OC. The van der Waals surface area contributed by atoms with E-state index in [0.717, 1.165) is 0 Å². The lowest BCUT2D eigenvalue weighted by molar-refractivity contribution is 0.0379. The number of rotatable bonds is 6. The summed E-state index contributed by atoms with van der Waals surface area (Å²) >= 11 is 0. The fraction of sp³-hybridized carbons (Fsp3) is 0.462. The van der Waals surface area contributed by atoms with Gasteiger partial charge in [0.05, 0.1) is 25.4 Å². The second kappa shape index (κ2) is 6.96. The molecule has 6 heteroatoms. The molecule has 0 radical (unpaired) electrons. The van der Waals surface area contributed by atoms with Crippen molar-refractivity contribution in [1.82, 2.24) is 4.90 Å². The number of ether oxygens (including phenoxy) is 2. The van der Waals surface area contributed by atoms with Gasteiger partial charge in [0.2, 0.25) is 0 Å². The summed E-state index contributed by atoms with van der Waals surface area (Å²) < 4.78 is 9.96. The number of likely N-dealkylation sites (N-methyl/N-ethyl adjacent to an activating group) is 1. The molecule has 0 aliphatic heterocycles. The maximum absolute atomic E-state index is 12.3. The maximum atomic E-state index is 12.3. The third kappa shape index (κ3) is 4.11. The molecular weight excluding hydrogens is 248 g/mol. The predicted octanol–water partition coefficient (Wildman–Crippen LogP) is 0.357. The molecule has 19 heavy (non-hydrogen) atoms. The van der Waals surface area contributed by atoms with E-state index in [1.54, 1.807) is 25.2 Å². The van der Waals surface area contributed by atoms with Gasteiger partial charge in [-0.3, -0.25) is 4.79 Å². The molecule has 1 amide bonds. The Morgan fingerprint density at radius 1 is 1.47 bits per heavy atom. The first-order valence-corrected chi connectivity index (χ1v) is 5.85. The number of nitrogens with zero attached hydrogens (tertiary/aromatic N) is 1. The Balaban J connectivity index is 2.84. The predicted molar refractivity (Wildman–Crippen MR) is 72.2 cm³/mol. The lowest BCUT2D eigenvalue weighted by atomic mass is 10.1. The van der Waals surface area contributed by atoms with E-state index in [4.69, 9.17) is 15.2 Å². The third-order valence-corrected chi connectivity index (χ3v) is 2.64. The number of carbonyl (C=O) groups is 1. The number of hydrogen-bond acceptors (Lipinski definition) is 5. The molecule has 0 saturated heterocycles. The van der Waals surface area contributed by atoms with Crippen LogP contribution in [-0.2, 0) is 4.74 Å². The number of methoxy groups -OCH3 is 2. The van der Waals surface area contributed by atoms with Crippen LogP contribution in [-0.4, -0.2) is 56.4 Å². The quantitative estimate of drug-likeness (QED) is 0.727. The van der Waals surface area contributed by atoms with E-state index in [9.17, 15) is 9.90 Å². The molecule has 1 rings (SSSR count). The molecular formula is C13H20N2O4. The van der Waals surface area contributed by atoms with Gasteiger partial charge in [0.1, 0.15) is 5.75 Å². The summed E-state index contributed by atoms with van der Waals surface area (Å²) in [5, 5.41) is 9.62. The molecule has 0 bridgehead atoms. The molecule has 1 atom stereocenters. The topological polar surface area (TPSA) is 85.0 Å². The molecule has 0 fully saturated rings. The first-order valence-electron chi connectivity index (χ1n) is 5.85. The van der Waals surface area contributed by atoms with Gasteiger partial charge in [0.15, 0.2) is 0 Å². The Hall–Kier alpha value is -1.79. The van der Waals surface area contributed by atoms with E-state index in [1.807, 2.05) is 0 Å². The summed E-state index contributed by atoms with van der Waals surface area (Å²) in [6.07, 6.45) is -0.731. The Morgan fingerprint density at radius 3 is 2.74 bits per heavy atom. The average Bonchev–Trinajstić information content (AvgIpc) is 2.37. The number of nitrogen functional groups attached to an aromatic ring is 1. The summed E-state index contributed by atoms with van der Waals surface area (Å²) in [6, 6.07) is 4.86. The van der Waals surface area contributed by atoms with E-state index in [-0.39, 0.29) is 19.1 Å². The van der Waals surface area contributed by atoms with Crippen LogP contribution in [0.2, 0.25) is 0 Å². The first kappa shape index (κ1) is 15.3. The largest absolute Gasteiger partial charge is 0.496 e. The number of aliphatic hydroxyl groups is 1. The second-order valence-corrected chi connectivity index (χ2v) is 4.25. The van der Waals surface area contributed by atoms with Crippen LogP contribution in [0.25, 0.3) is 0 Å². The van der Waals surface area contributed by atoms with E-state index >= 15 is 0 Å². The minimum atomic E-state index is -0.731. The molecule has 0 aliphatic rings. The smallest absolute Gasteiger partial charge is 0.257 e. The van der Waals surface area contributed by atoms with Gasteiger partial charge in [-0.25, -0.2) is 0 Å². The molecule has 0 aliphatic carbocycles. The molecule has 3 N–H and O–H groups in total. The number of hydrogen-bond donors (Lipinski definition) is 2.